The highest BCUT2D eigenvalue weighted by atomic mass is 79.9. The lowest BCUT2D eigenvalue weighted by Crippen LogP contribution is -2.13. The molecule has 3 aromatic rings. The summed E-state index contributed by atoms with van der Waals surface area (Å²) in [7, 11) is 0. The van der Waals surface area contributed by atoms with Gasteiger partial charge >= 0.3 is 5.97 Å². The van der Waals surface area contributed by atoms with E-state index < -0.39 is 0 Å². The van der Waals surface area contributed by atoms with E-state index in [1.54, 1.807) is 0 Å². The van der Waals surface area contributed by atoms with E-state index in [9.17, 15) is 4.79 Å². The molecule has 1 saturated carbocycles. The molecular weight excluding hydrogens is 406 g/mol. The third kappa shape index (κ3) is 3.88. The molecule has 27 heavy (non-hydrogen) atoms. The second-order valence-corrected chi connectivity index (χ2v) is 7.68. The predicted octanol–water partition coefficient (Wildman–Crippen LogP) is 5.42. The number of hydrogen-bond donors (Lipinski definition) is 0. The zero-order chi connectivity index (χ0) is 18.8. The second-order valence-electron chi connectivity index (χ2n) is 6.89. The van der Waals surface area contributed by atoms with Crippen LogP contribution in [0.3, 0.4) is 0 Å². The van der Waals surface area contributed by atoms with E-state index in [-0.39, 0.29) is 5.97 Å². The molecule has 1 heterocycles. The SMILES string of the molecule is CCOC(=O)c1c(Br)c2ccccc2n1Cc1cccc(OCC2CC2)c1. The van der Waals surface area contributed by atoms with Gasteiger partial charge in [0.1, 0.15) is 11.4 Å². The number of halogens is 1. The van der Waals surface area contributed by atoms with Crippen molar-refractivity contribution in [2.45, 2.75) is 26.3 Å². The Labute approximate surface area is 167 Å². The average Bonchev–Trinajstić information content (AvgIpc) is 3.46. The van der Waals surface area contributed by atoms with Gasteiger partial charge in [-0.1, -0.05) is 30.3 Å². The Kier molecular flexibility index (Phi) is 5.21. The van der Waals surface area contributed by atoms with Crippen LogP contribution in [0.1, 0.15) is 35.8 Å². The highest BCUT2D eigenvalue weighted by Gasteiger charge is 2.23. The number of benzene rings is 2. The Morgan fingerprint density at radius 3 is 2.78 bits per heavy atom. The number of esters is 1. The van der Waals surface area contributed by atoms with E-state index in [1.807, 2.05) is 47.9 Å². The smallest absolute Gasteiger partial charge is 0.356 e. The number of aromatic nitrogens is 1. The minimum atomic E-state index is -0.318. The summed E-state index contributed by atoms with van der Waals surface area (Å²) in [4.78, 5) is 12.6. The summed E-state index contributed by atoms with van der Waals surface area (Å²) in [6, 6.07) is 16.1. The topological polar surface area (TPSA) is 40.5 Å². The van der Waals surface area contributed by atoms with Gasteiger partial charge in [-0.3, -0.25) is 0 Å². The van der Waals surface area contributed by atoms with Gasteiger partial charge < -0.3 is 14.0 Å². The first-order valence-electron chi connectivity index (χ1n) is 9.33. The molecule has 1 aliphatic carbocycles. The molecule has 1 fully saturated rings. The van der Waals surface area contributed by atoms with Crippen molar-refractivity contribution >= 4 is 32.8 Å². The molecule has 1 aliphatic rings. The Hall–Kier alpha value is -2.27. The average molecular weight is 428 g/mol. The molecule has 0 atom stereocenters. The van der Waals surface area contributed by atoms with Gasteiger partial charge in [0.15, 0.2) is 0 Å². The van der Waals surface area contributed by atoms with Crippen molar-refractivity contribution in [2.75, 3.05) is 13.2 Å². The van der Waals surface area contributed by atoms with Crippen LogP contribution in [0.2, 0.25) is 0 Å². The molecule has 1 aromatic heterocycles. The van der Waals surface area contributed by atoms with Gasteiger partial charge in [-0.2, -0.15) is 0 Å². The van der Waals surface area contributed by atoms with Gasteiger partial charge in [-0.25, -0.2) is 4.79 Å². The minimum absolute atomic E-state index is 0.318. The molecule has 5 heteroatoms. The molecule has 0 spiro atoms. The molecule has 0 aliphatic heterocycles. The second kappa shape index (κ2) is 7.77. The van der Waals surface area contributed by atoms with Crippen LogP contribution in [0, 0.1) is 5.92 Å². The molecule has 0 amide bonds. The number of hydrogen-bond acceptors (Lipinski definition) is 3. The van der Waals surface area contributed by atoms with Crippen LogP contribution in [0.4, 0.5) is 0 Å². The maximum absolute atomic E-state index is 12.6. The van der Waals surface area contributed by atoms with E-state index in [2.05, 4.69) is 28.1 Å². The molecule has 0 bridgehead atoms. The van der Waals surface area contributed by atoms with Crippen molar-refractivity contribution in [3.8, 4) is 5.75 Å². The molecule has 0 unspecified atom stereocenters. The van der Waals surface area contributed by atoms with Crippen molar-refractivity contribution in [1.29, 1.82) is 0 Å². The maximum Gasteiger partial charge on any atom is 0.356 e. The lowest BCUT2D eigenvalue weighted by Gasteiger charge is -2.12. The van der Waals surface area contributed by atoms with E-state index in [4.69, 9.17) is 9.47 Å². The standard InChI is InChI=1S/C22H22BrNO3/c1-2-26-22(25)21-20(23)18-8-3-4-9-19(18)24(21)13-16-6-5-7-17(12-16)27-14-15-10-11-15/h3-9,12,15H,2,10-11,13-14H2,1H3. The Balaban J connectivity index is 1.69. The highest BCUT2D eigenvalue weighted by molar-refractivity contribution is 9.10. The zero-order valence-electron chi connectivity index (χ0n) is 15.3. The highest BCUT2D eigenvalue weighted by Crippen LogP contribution is 2.33. The zero-order valence-corrected chi connectivity index (χ0v) is 16.9. The van der Waals surface area contributed by atoms with Crippen LogP contribution < -0.4 is 4.74 Å². The molecule has 4 nitrogen and oxygen atoms in total. The van der Waals surface area contributed by atoms with Crippen molar-refractivity contribution in [2.24, 2.45) is 5.92 Å². The van der Waals surface area contributed by atoms with Gasteiger partial charge in [-0.15, -0.1) is 0 Å². The van der Waals surface area contributed by atoms with Gasteiger partial charge in [-0.05, 0) is 65.4 Å². The van der Waals surface area contributed by atoms with E-state index in [0.717, 1.165) is 33.3 Å². The largest absolute Gasteiger partial charge is 0.493 e. The molecule has 2 aromatic carbocycles. The molecule has 0 saturated heterocycles. The lowest BCUT2D eigenvalue weighted by atomic mass is 10.2. The van der Waals surface area contributed by atoms with Gasteiger partial charge in [0.05, 0.1) is 23.2 Å². The van der Waals surface area contributed by atoms with E-state index in [0.29, 0.717) is 24.8 Å². The van der Waals surface area contributed by atoms with Crippen molar-refractivity contribution in [3.05, 3.63) is 64.3 Å². The predicted molar refractivity (Wildman–Crippen MR) is 109 cm³/mol. The fraction of sp³-hybridized carbons (Fsp3) is 0.318. The normalized spacial score (nSPS) is 13.7. The Morgan fingerprint density at radius 1 is 1.19 bits per heavy atom. The molecule has 4 rings (SSSR count). The van der Waals surface area contributed by atoms with Crippen molar-refractivity contribution in [1.82, 2.24) is 4.57 Å². The molecule has 140 valence electrons. The van der Waals surface area contributed by atoms with Crippen LogP contribution in [0.15, 0.2) is 53.0 Å². The summed E-state index contributed by atoms with van der Waals surface area (Å²) in [5.41, 5.74) is 2.63. The number of para-hydroxylation sites is 1. The summed E-state index contributed by atoms with van der Waals surface area (Å²) >= 11 is 3.60. The first-order valence-corrected chi connectivity index (χ1v) is 10.1. The summed E-state index contributed by atoms with van der Waals surface area (Å²) in [5, 5.41) is 1.00. The fourth-order valence-electron chi connectivity index (χ4n) is 3.24. The number of carbonyl (C=O) groups is 1. The van der Waals surface area contributed by atoms with Crippen LogP contribution in [-0.4, -0.2) is 23.8 Å². The lowest BCUT2D eigenvalue weighted by molar-refractivity contribution is 0.0514. The maximum atomic E-state index is 12.6. The number of ether oxygens (including phenoxy) is 2. The fourth-order valence-corrected chi connectivity index (χ4v) is 3.95. The Morgan fingerprint density at radius 2 is 2.00 bits per heavy atom. The number of rotatable bonds is 7. The quantitative estimate of drug-likeness (QED) is 0.472. The summed E-state index contributed by atoms with van der Waals surface area (Å²) in [6.07, 6.45) is 2.54. The van der Waals surface area contributed by atoms with Crippen LogP contribution in [0.25, 0.3) is 10.9 Å². The number of fused-ring (bicyclic) bond motifs is 1. The van der Waals surface area contributed by atoms with E-state index >= 15 is 0 Å². The third-order valence-electron chi connectivity index (χ3n) is 4.80. The van der Waals surface area contributed by atoms with E-state index in [1.165, 1.54) is 12.8 Å². The molecule has 0 radical (unpaired) electrons. The minimum Gasteiger partial charge on any atom is -0.493 e. The summed E-state index contributed by atoms with van der Waals surface area (Å²) in [6.45, 7) is 3.52. The monoisotopic (exact) mass is 427 g/mol. The number of carbonyl (C=O) groups excluding carboxylic acids is 1. The number of nitrogens with zero attached hydrogens (tertiary/aromatic N) is 1. The third-order valence-corrected chi connectivity index (χ3v) is 5.60. The first kappa shape index (κ1) is 18.1. The summed E-state index contributed by atoms with van der Waals surface area (Å²) < 4.78 is 14.0. The first-order chi connectivity index (χ1) is 13.2. The Bertz CT molecular complexity index is 975. The van der Waals surface area contributed by atoms with Gasteiger partial charge in [0.25, 0.3) is 0 Å². The van der Waals surface area contributed by atoms with Gasteiger partial charge in [0, 0.05) is 11.9 Å². The summed E-state index contributed by atoms with van der Waals surface area (Å²) in [5.74, 6) is 1.28. The van der Waals surface area contributed by atoms with Gasteiger partial charge in [0.2, 0.25) is 0 Å². The molecular formula is C22H22BrNO3. The van der Waals surface area contributed by atoms with Crippen molar-refractivity contribution in [3.63, 3.8) is 0 Å². The van der Waals surface area contributed by atoms with Crippen LogP contribution in [0.5, 0.6) is 5.75 Å². The van der Waals surface area contributed by atoms with Crippen LogP contribution in [-0.2, 0) is 11.3 Å². The van der Waals surface area contributed by atoms with Crippen molar-refractivity contribution < 1.29 is 14.3 Å². The van der Waals surface area contributed by atoms with Crippen LogP contribution >= 0.6 is 15.9 Å². The molecule has 0 N–H and O–H groups in total.